The molecule has 0 amide bonds. The van der Waals surface area contributed by atoms with Crippen LogP contribution < -0.4 is 4.74 Å². The molecular weight excluding hydrogens is 501 g/mol. The molecule has 202 valence electrons. The lowest BCUT2D eigenvalue weighted by Gasteiger charge is -2.31. The lowest BCUT2D eigenvalue weighted by Crippen LogP contribution is -2.37. The van der Waals surface area contributed by atoms with Crippen molar-refractivity contribution in [3.8, 4) is 5.19 Å². The minimum Gasteiger partial charge on any atom is -0.463 e. The molecule has 1 saturated heterocycles. The Hall–Kier alpha value is -2.42. The number of ether oxygens (including phenoxy) is 2. The molecule has 1 aromatic carbocycles. The molecule has 6 rings (SSSR count). The van der Waals surface area contributed by atoms with Gasteiger partial charge in [-0.3, -0.25) is 14.7 Å². The first-order valence-electron chi connectivity index (χ1n) is 14.1. The number of carbonyl (C=O) groups excluding carboxylic acids is 1. The Labute approximate surface area is 227 Å². The minimum absolute atomic E-state index is 0.115. The Morgan fingerprint density at radius 2 is 2.00 bits per heavy atom. The van der Waals surface area contributed by atoms with E-state index in [0.717, 1.165) is 67.0 Å². The monoisotopic (exact) mass is 537 g/mol. The zero-order valence-corrected chi connectivity index (χ0v) is 22.6. The summed E-state index contributed by atoms with van der Waals surface area (Å²) in [5, 5.41) is 1.58. The van der Waals surface area contributed by atoms with Gasteiger partial charge in [0, 0.05) is 48.0 Å². The summed E-state index contributed by atoms with van der Waals surface area (Å²) in [6.45, 7) is 3.64. The van der Waals surface area contributed by atoms with Crippen LogP contribution in [-0.2, 0) is 17.7 Å². The second-order valence-corrected chi connectivity index (χ2v) is 12.1. The summed E-state index contributed by atoms with van der Waals surface area (Å²) in [5.74, 6) is 1.46. The topological polar surface area (TPSA) is 64.6 Å². The Balaban J connectivity index is 0.950. The van der Waals surface area contributed by atoms with Crippen LogP contribution in [0.2, 0.25) is 0 Å². The molecule has 8 heteroatoms. The second kappa shape index (κ2) is 11.8. The number of alkyl halides is 1. The summed E-state index contributed by atoms with van der Waals surface area (Å²) in [7, 11) is 0. The van der Waals surface area contributed by atoms with Gasteiger partial charge in [-0.05, 0) is 56.2 Å². The third-order valence-corrected chi connectivity index (χ3v) is 9.55. The van der Waals surface area contributed by atoms with Gasteiger partial charge in [0.05, 0.1) is 24.4 Å². The van der Waals surface area contributed by atoms with Crippen molar-refractivity contribution < 1.29 is 18.7 Å². The van der Waals surface area contributed by atoms with Crippen LogP contribution in [0.3, 0.4) is 0 Å². The molecule has 0 radical (unpaired) electrons. The van der Waals surface area contributed by atoms with Crippen molar-refractivity contribution in [1.29, 1.82) is 0 Å². The van der Waals surface area contributed by atoms with Gasteiger partial charge in [-0.2, -0.15) is 0 Å². The highest BCUT2D eigenvalue weighted by Gasteiger charge is 2.30. The summed E-state index contributed by atoms with van der Waals surface area (Å²) < 4.78 is 25.2. The van der Waals surface area contributed by atoms with Crippen LogP contribution in [0.5, 0.6) is 5.19 Å². The number of nitrogens with zero attached hydrogens (tertiary/aromatic N) is 3. The maximum Gasteiger partial charge on any atom is 0.274 e. The average molecular weight is 538 g/mol. The number of pyridine rings is 1. The van der Waals surface area contributed by atoms with E-state index in [1.807, 2.05) is 30.3 Å². The van der Waals surface area contributed by atoms with E-state index in [2.05, 4.69) is 9.88 Å². The third-order valence-electron chi connectivity index (χ3n) is 8.51. The van der Waals surface area contributed by atoms with Crippen molar-refractivity contribution in [1.82, 2.24) is 14.9 Å². The van der Waals surface area contributed by atoms with Crippen molar-refractivity contribution in [2.24, 2.45) is 11.8 Å². The van der Waals surface area contributed by atoms with Crippen molar-refractivity contribution in [3.05, 3.63) is 52.7 Å². The molecule has 38 heavy (non-hydrogen) atoms. The molecule has 2 unspecified atom stereocenters. The maximum absolute atomic E-state index is 14.1. The summed E-state index contributed by atoms with van der Waals surface area (Å²) in [6, 6.07) is 9.76. The fourth-order valence-corrected chi connectivity index (χ4v) is 7.18. The van der Waals surface area contributed by atoms with E-state index in [0.29, 0.717) is 30.6 Å². The number of ketones is 1. The summed E-state index contributed by atoms with van der Waals surface area (Å²) in [4.78, 5) is 26.0. The lowest BCUT2D eigenvalue weighted by molar-refractivity contribution is -0.0383. The Bertz CT molecular complexity index is 1250. The molecule has 6 nitrogen and oxygen atoms in total. The van der Waals surface area contributed by atoms with Crippen LogP contribution in [0, 0.1) is 11.8 Å². The summed E-state index contributed by atoms with van der Waals surface area (Å²) in [6.07, 6.45) is 8.35. The van der Waals surface area contributed by atoms with Gasteiger partial charge in [-0.25, -0.2) is 9.37 Å². The number of Topliss-reactive ketones (excluding diaryl/α,β-unsaturated/α-hetero) is 1. The molecule has 0 spiro atoms. The average Bonchev–Trinajstić information content (AvgIpc) is 3.35. The Morgan fingerprint density at radius 3 is 2.87 bits per heavy atom. The number of aromatic nitrogens is 2. The number of halogens is 1. The maximum atomic E-state index is 14.1. The molecule has 0 bridgehead atoms. The highest BCUT2D eigenvalue weighted by atomic mass is 32.1. The molecule has 2 atom stereocenters. The van der Waals surface area contributed by atoms with E-state index in [4.69, 9.17) is 14.5 Å². The number of fused-ring (bicyclic) bond motifs is 2. The van der Waals surface area contributed by atoms with E-state index in [1.165, 1.54) is 24.1 Å². The second-order valence-electron chi connectivity index (χ2n) is 11.1. The number of thiazole rings is 1. The van der Waals surface area contributed by atoms with Crippen molar-refractivity contribution >= 4 is 28.0 Å². The van der Waals surface area contributed by atoms with Crippen molar-refractivity contribution in [3.63, 3.8) is 0 Å². The molecule has 2 aliphatic heterocycles. The molecule has 1 aliphatic carbocycles. The fraction of sp³-hybridized carbons (Fsp3) is 0.567. The van der Waals surface area contributed by atoms with Gasteiger partial charge in [-0.1, -0.05) is 42.4 Å². The predicted molar refractivity (Wildman–Crippen MR) is 147 cm³/mol. The van der Waals surface area contributed by atoms with E-state index in [-0.39, 0.29) is 12.4 Å². The predicted octanol–water partition coefficient (Wildman–Crippen LogP) is 6.02. The fourth-order valence-electron chi connectivity index (χ4n) is 6.22. The largest absolute Gasteiger partial charge is 0.463 e. The van der Waals surface area contributed by atoms with Crippen LogP contribution in [0.25, 0.3) is 10.9 Å². The quantitative estimate of drug-likeness (QED) is 0.327. The highest BCUT2D eigenvalue weighted by Crippen LogP contribution is 2.35. The molecule has 2 fully saturated rings. The van der Waals surface area contributed by atoms with Crippen molar-refractivity contribution in [2.75, 3.05) is 26.3 Å². The van der Waals surface area contributed by atoms with Gasteiger partial charge in [-0.15, -0.1) is 0 Å². The first-order chi connectivity index (χ1) is 18.6. The Morgan fingerprint density at radius 1 is 1.13 bits per heavy atom. The van der Waals surface area contributed by atoms with Crippen LogP contribution in [0.15, 0.2) is 36.5 Å². The lowest BCUT2D eigenvalue weighted by atomic mass is 9.78. The minimum atomic E-state index is -1.08. The van der Waals surface area contributed by atoms with E-state index in [1.54, 1.807) is 17.5 Å². The summed E-state index contributed by atoms with van der Waals surface area (Å²) in [5.41, 5.74) is 2.81. The molecule has 0 N–H and O–H groups in total. The van der Waals surface area contributed by atoms with Gasteiger partial charge < -0.3 is 9.47 Å². The smallest absolute Gasteiger partial charge is 0.274 e. The van der Waals surface area contributed by atoms with E-state index in [9.17, 15) is 9.18 Å². The molecule has 2 aromatic heterocycles. The van der Waals surface area contributed by atoms with Crippen LogP contribution in [-0.4, -0.2) is 59.2 Å². The van der Waals surface area contributed by atoms with Crippen LogP contribution in [0.1, 0.15) is 65.9 Å². The van der Waals surface area contributed by atoms with E-state index < -0.39 is 12.3 Å². The van der Waals surface area contributed by atoms with Gasteiger partial charge in [0.1, 0.15) is 6.10 Å². The van der Waals surface area contributed by atoms with Crippen LogP contribution in [0.4, 0.5) is 4.39 Å². The van der Waals surface area contributed by atoms with Gasteiger partial charge in [0.25, 0.3) is 5.19 Å². The number of carbonyl (C=O) groups is 1. The van der Waals surface area contributed by atoms with Crippen molar-refractivity contribution in [2.45, 2.75) is 70.2 Å². The number of hydrogen-bond acceptors (Lipinski definition) is 7. The first-order valence-corrected chi connectivity index (χ1v) is 14.9. The van der Waals surface area contributed by atoms with E-state index >= 15 is 0 Å². The zero-order chi connectivity index (χ0) is 25.9. The van der Waals surface area contributed by atoms with Crippen LogP contribution >= 0.6 is 11.3 Å². The standard InChI is InChI=1S/C30H36FN3O3S/c31-24-19-36-16-12-28(24)37-30-33-26-18-34(15-11-29(26)38-30)14-10-20-6-8-21(9-7-20)17-27(35)23-3-1-5-25-22(23)4-2-13-32-25/h1-5,13,20-21,24,28H,6-12,14-19H2. The van der Waals surface area contributed by atoms with Gasteiger partial charge in [0.15, 0.2) is 12.0 Å². The summed E-state index contributed by atoms with van der Waals surface area (Å²) >= 11 is 1.58. The molecular formula is C30H36FN3O3S. The molecule has 1 saturated carbocycles. The first kappa shape index (κ1) is 25.8. The Kier molecular flexibility index (Phi) is 8.00. The molecule has 3 aliphatic rings. The molecule has 4 heterocycles. The van der Waals surface area contributed by atoms with Gasteiger partial charge >= 0.3 is 0 Å². The number of benzene rings is 1. The highest BCUT2D eigenvalue weighted by molar-refractivity contribution is 7.13. The normalized spacial score (nSPS) is 26.2. The third kappa shape index (κ3) is 5.92. The number of hydrogen-bond donors (Lipinski definition) is 0. The SMILES string of the molecule is O=C(CC1CCC(CCN2CCc3sc(OC4CCOCC4F)nc3C2)CC1)c1cccc2ncccc12. The van der Waals surface area contributed by atoms with Gasteiger partial charge in [0.2, 0.25) is 0 Å². The zero-order valence-electron chi connectivity index (χ0n) is 21.8. The number of rotatable bonds is 8. The molecule has 3 aromatic rings.